The molecule has 0 amide bonds. The summed E-state index contributed by atoms with van der Waals surface area (Å²) >= 11 is 0. The van der Waals surface area contributed by atoms with Gasteiger partial charge in [-0.1, -0.05) is 17.7 Å². The van der Waals surface area contributed by atoms with Gasteiger partial charge in [0.25, 0.3) is 10.0 Å². The first kappa shape index (κ1) is 20.9. The van der Waals surface area contributed by atoms with E-state index in [4.69, 9.17) is 0 Å². The van der Waals surface area contributed by atoms with Crippen LogP contribution < -0.4 is 10.6 Å². The standard InChI is InChI=1S/C21H23N5O5S/c1-13-2-4-16(5-3-13)32(30,31)25-9-7-17-19(18(26(28)29)12-22-20(17)25)24-21-8-6-14(23-21)10-15(27)11-21/h2-5,7,9,12,14-15,23,27H,6,8,10-11H2,1H3,(H,22,24). The van der Waals surface area contributed by atoms with Crippen LogP contribution in [0.15, 0.2) is 47.6 Å². The minimum Gasteiger partial charge on any atom is -0.393 e. The molecule has 2 aliphatic heterocycles. The van der Waals surface area contributed by atoms with E-state index in [1.54, 1.807) is 12.1 Å². The van der Waals surface area contributed by atoms with Crippen molar-refractivity contribution in [1.82, 2.24) is 14.3 Å². The number of aromatic nitrogens is 2. The Morgan fingerprint density at radius 1 is 1.31 bits per heavy atom. The van der Waals surface area contributed by atoms with Crippen LogP contribution in [0, 0.1) is 17.0 Å². The molecule has 32 heavy (non-hydrogen) atoms. The maximum atomic E-state index is 13.2. The molecule has 168 valence electrons. The highest BCUT2D eigenvalue weighted by Crippen LogP contribution is 2.41. The summed E-state index contributed by atoms with van der Waals surface area (Å²) in [6.07, 6.45) is 4.50. The summed E-state index contributed by atoms with van der Waals surface area (Å²) in [5.74, 6) is 0. The molecular formula is C21H23N5O5S. The molecule has 2 aliphatic rings. The normalized spacial score (nSPS) is 25.2. The van der Waals surface area contributed by atoms with Crippen molar-refractivity contribution in [2.75, 3.05) is 5.32 Å². The zero-order valence-electron chi connectivity index (χ0n) is 17.4. The van der Waals surface area contributed by atoms with Crippen LogP contribution in [0.4, 0.5) is 11.4 Å². The number of hydrogen-bond donors (Lipinski definition) is 3. The van der Waals surface area contributed by atoms with Gasteiger partial charge in [0.15, 0.2) is 5.65 Å². The number of aliphatic hydroxyl groups is 1. The number of nitro groups is 1. The molecule has 2 bridgehead atoms. The number of pyridine rings is 1. The van der Waals surface area contributed by atoms with Crippen molar-refractivity contribution in [2.24, 2.45) is 0 Å². The first-order valence-corrected chi connectivity index (χ1v) is 11.8. The number of nitrogens with zero attached hydrogens (tertiary/aromatic N) is 3. The van der Waals surface area contributed by atoms with E-state index in [1.807, 2.05) is 6.92 Å². The third-order valence-electron chi connectivity index (χ3n) is 6.34. The number of aliphatic hydroxyl groups excluding tert-OH is 1. The molecule has 3 aromatic rings. The van der Waals surface area contributed by atoms with Gasteiger partial charge in [-0.25, -0.2) is 17.4 Å². The zero-order chi connectivity index (χ0) is 22.7. The van der Waals surface area contributed by atoms with Gasteiger partial charge in [0.1, 0.15) is 11.9 Å². The lowest BCUT2D eigenvalue weighted by atomic mass is 9.96. The van der Waals surface area contributed by atoms with Gasteiger partial charge in [-0.15, -0.1) is 0 Å². The summed E-state index contributed by atoms with van der Waals surface area (Å²) in [7, 11) is -3.94. The molecule has 0 saturated carbocycles. The van der Waals surface area contributed by atoms with Crippen LogP contribution in [0.25, 0.3) is 11.0 Å². The third-order valence-corrected chi connectivity index (χ3v) is 8.02. The lowest BCUT2D eigenvalue weighted by Gasteiger charge is -2.38. The second-order valence-corrected chi connectivity index (χ2v) is 10.4. The Kier molecular flexibility index (Phi) is 4.73. The Labute approximate surface area is 184 Å². The summed E-state index contributed by atoms with van der Waals surface area (Å²) < 4.78 is 27.5. The fraction of sp³-hybridized carbons (Fsp3) is 0.381. The molecule has 3 atom stereocenters. The maximum Gasteiger partial charge on any atom is 0.311 e. The van der Waals surface area contributed by atoms with Crippen molar-refractivity contribution in [1.29, 1.82) is 0 Å². The van der Waals surface area contributed by atoms with Gasteiger partial charge in [0, 0.05) is 18.7 Å². The predicted molar refractivity (Wildman–Crippen MR) is 118 cm³/mol. The largest absolute Gasteiger partial charge is 0.393 e. The van der Waals surface area contributed by atoms with E-state index in [2.05, 4.69) is 15.6 Å². The molecule has 3 N–H and O–H groups in total. The fourth-order valence-electron chi connectivity index (χ4n) is 4.84. The van der Waals surface area contributed by atoms with E-state index in [-0.39, 0.29) is 28.0 Å². The third kappa shape index (κ3) is 3.33. The van der Waals surface area contributed by atoms with Crippen molar-refractivity contribution in [3.8, 4) is 0 Å². The van der Waals surface area contributed by atoms with Gasteiger partial charge < -0.3 is 10.4 Å². The molecule has 0 aliphatic carbocycles. The van der Waals surface area contributed by atoms with E-state index in [1.165, 1.54) is 24.4 Å². The highest BCUT2D eigenvalue weighted by Gasteiger charge is 2.46. The lowest BCUT2D eigenvalue weighted by Crippen LogP contribution is -2.56. The molecule has 2 saturated heterocycles. The minimum absolute atomic E-state index is 0.0981. The van der Waals surface area contributed by atoms with Gasteiger partial charge >= 0.3 is 5.69 Å². The maximum absolute atomic E-state index is 13.2. The number of hydrogen-bond acceptors (Lipinski definition) is 8. The van der Waals surface area contributed by atoms with Crippen molar-refractivity contribution >= 4 is 32.4 Å². The van der Waals surface area contributed by atoms with Crippen LogP contribution in [0.1, 0.15) is 31.2 Å². The van der Waals surface area contributed by atoms with Crippen molar-refractivity contribution in [3.63, 3.8) is 0 Å². The lowest BCUT2D eigenvalue weighted by molar-refractivity contribution is -0.384. The number of rotatable bonds is 5. The van der Waals surface area contributed by atoms with Gasteiger partial charge in [-0.2, -0.15) is 0 Å². The number of fused-ring (bicyclic) bond motifs is 3. The van der Waals surface area contributed by atoms with Crippen LogP contribution in [0.3, 0.4) is 0 Å². The van der Waals surface area contributed by atoms with Gasteiger partial charge in [0.05, 0.1) is 27.0 Å². The summed E-state index contributed by atoms with van der Waals surface area (Å²) in [6, 6.07) is 8.11. The molecule has 2 fully saturated rings. The smallest absolute Gasteiger partial charge is 0.311 e. The summed E-state index contributed by atoms with van der Waals surface area (Å²) in [4.78, 5) is 15.5. The van der Waals surface area contributed by atoms with Crippen LogP contribution in [0.5, 0.6) is 0 Å². The molecule has 1 aromatic carbocycles. The van der Waals surface area contributed by atoms with Crippen molar-refractivity contribution in [2.45, 2.75) is 55.3 Å². The summed E-state index contributed by atoms with van der Waals surface area (Å²) in [6.45, 7) is 1.86. The highest BCUT2D eigenvalue weighted by atomic mass is 32.2. The number of nitrogens with one attached hydrogen (secondary N) is 2. The van der Waals surface area contributed by atoms with Crippen LogP contribution in [-0.2, 0) is 10.0 Å². The van der Waals surface area contributed by atoms with Crippen LogP contribution in [0.2, 0.25) is 0 Å². The molecule has 3 unspecified atom stereocenters. The van der Waals surface area contributed by atoms with E-state index in [0.717, 1.165) is 22.2 Å². The second-order valence-electron chi connectivity index (χ2n) is 8.62. The van der Waals surface area contributed by atoms with E-state index in [0.29, 0.717) is 24.6 Å². The van der Waals surface area contributed by atoms with E-state index < -0.39 is 26.7 Å². The average molecular weight is 458 g/mol. The Morgan fingerprint density at radius 3 is 2.78 bits per heavy atom. The van der Waals surface area contributed by atoms with Crippen molar-refractivity contribution in [3.05, 3.63) is 58.4 Å². The number of benzene rings is 1. The van der Waals surface area contributed by atoms with Crippen LogP contribution in [-0.4, -0.2) is 45.2 Å². The average Bonchev–Trinajstić information content (AvgIpc) is 3.30. The molecular weight excluding hydrogens is 434 g/mol. The van der Waals surface area contributed by atoms with Crippen molar-refractivity contribution < 1.29 is 18.4 Å². The molecule has 10 nitrogen and oxygen atoms in total. The summed E-state index contributed by atoms with van der Waals surface area (Å²) in [5.41, 5.74) is 0.279. The minimum atomic E-state index is -3.94. The number of aryl methyl sites for hydroxylation is 1. The summed E-state index contributed by atoms with van der Waals surface area (Å²) in [5, 5.41) is 29.1. The van der Waals surface area contributed by atoms with E-state index in [9.17, 15) is 23.6 Å². The Balaban J connectivity index is 1.63. The SMILES string of the molecule is Cc1ccc(S(=O)(=O)n2ccc3c(NC45CCC(CC(O)C4)N5)c([N+](=O)[O-])cnc32)cc1. The molecule has 2 aromatic heterocycles. The van der Waals surface area contributed by atoms with E-state index >= 15 is 0 Å². The monoisotopic (exact) mass is 457 g/mol. The fourth-order valence-corrected chi connectivity index (χ4v) is 6.14. The Morgan fingerprint density at radius 2 is 2.06 bits per heavy atom. The quantitative estimate of drug-likeness (QED) is 0.392. The second kappa shape index (κ2) is 7.26. The first-order valence-electron chi connectivity index (χ1n) is 10.4. The predicted octanol–water partition coefficient (Wildman–Crippen LogP) is 2.50. The zero-order valence-corrected chi connectivity index (χ0v) is 18.2. The van der Waals surface area contributed by atoms with Crippen LogP contribution >= 0.6 is 0 Å². The number of piperidine rings is 1. The number of anilines is 1. The van der Waals surface area contributed by atoms with Gasteiger partial charge in [-0.3, -0.25) is 15.4 Å². The highest BCUT2D eigenvalue weighted by molar-refractivity contribution is 7.90. The molecule has 4 heterocycles. The Hall–Kier alpha value is -3.02. The topological polar surface area (TPSA) is 139 Å². The molecule has 0 radical (unpaired) electrons. The van der Waals surface area contributed by atoms with Gasteiger partial charge in [-0.05, 0) is 44.4 Å². The molecule has 0 spiro atoms. The van der Waals surface area contributed by atoms with Gasteiger partial charge in [0.2, 0.25) is 0 Å². The Bertz CT molecular complexity index is 1320. The first-order chi connectivity index (χ1) is 15.2. The molecule has 11 heteroatoms. The molecule has 5 rings (SSSR count).